The molecule has 2 aliphatic heterocycles. The number of fused-ring (bicyclic) bond motifs is 1. The van der Waals surface area contributed by atoms with Crippen molar-refractivity contribution in [3.63, 3.8) is 0 Å². The van der Waals surface area contributed by atoms with E-state index in [4.69, 9.17) is 15.2 Å². The number of carbonyl (C=O) groups excluding carboxylic acids is 2. The molecule has 0 radical (unpaired) electrons. The quantitative estimate of drug-likeness (QED) is 0.821. The van der Waals surface area contributed by atoms with Gasteiger partial charge in [0.25, 0.3) is 0 Å². The molecule has 0 bridgehead atoms. The number of nitrogens with zero attached hydrogens (tertiary/aromatic N) is 1. The van der Waals surface area contributed by atoms with Crippen molar-refractivity contribution in [1.82, 2.24) is 4.90 Å². The summed E-state index contributed by atoms with van der Waals surface area (Å²) in [7, 11) is 0. The molecule has 2 aliphatic rings. The Hall–Kier alpha value is -2.86. The molecule has 2 aromatic rings. The Morgan fingerprint density at radius 3 is 2.48 bits per heavy atom. The van der Waals surface area contributed by atoms with E-state index in [1.807, 2.05) is 18.2 Å². The monoisotopic (exact) mass is 366 g/mol. The van der Waals surface area contributed by atoms with E-state index in [9.17, 15) is 9.59 Å². The van der Waals surface area contributed by atoms with Crippen molar-refractivity contribution >= 4 is 12.2 Å². The van der Waals surface area contributed by atoms with Crippen molar-refractivity contribution in [2.75, 3.05) is 26.3 Å². The molecule has 2 aromatic carbocycles. The summed E-state index contributed by atoms with van der Waals surface area (Å²) in [5, 5.41) is 0. The lowest BCUT2D eigenvalue weighted by atomic mass is 9.93. The summed E-state index contributed by atoms with van der Waals surface area (Å²) in [6.07, 6.45) is 1.83. The molecule has 6 nitrogen and oxygen atoms in total. The summed E-state index contributed by atoms with van der Waals surface area (Å²) in [6.45, 7) is 2.31. The van der Waals surface area contributed by atoms with Crippen molar-refractivity contribution in [2.45, 2.75) is 18.4 Å². The van der Waals surface area contributed by atoms with E-state index in [0.717, 1.165) is 36.3 Å². The standard InChI is InChI=1S/C21H22N2O4/c22-21(25)15-3-1-14(2-4-15)18-11-17(13-23(18)7-8-24)16-5-6-19-20(12-16)27-10-9-26-19/h1-6,8,12,17-18H,7,9-11,13H2,(H2,22,25)/t17-,18-/m1/s1. The first-order chi connectivity index (χ1) is 13.2. The van der Waals surface area contributed by atoms with Crippen LogP contribution in [0.3, 0.4) is 0 Å². The number of nitrogens with two attached hydrogens (primary N) is 1. The molecule has 1 saturated heterocycles. The van der Waals surface area contributed by atoms with Crippen molar-refractivity contribution in [3.05, 3.63) is 59.2 Å². The van der Waals surface area contributed by atoms with Gasteiger partial charge in [-0.3, -0.25) is 9.69 Å². The summed E-state index contributed by atoms with van der Waals surface area (Å²) in [4.78, 5) is 24.6. The summed E-state index contributed by atoms with van der Waals surface area (Å²) in [5.74, 6) is 1.43. The molecule has 2 N–H and O–H groups in total. The topological polar surface area (TPSA) is 81.9 Å². The van der Waals surface area contributed by atoms with Gasteiger partial charge in [0.05, 0.1) is 6.54 Å². The van der Waals surface area contributed by atoms with E-state index in [1.54, 1.807) is 12.1 Å². The third kappa shape index (κ3) is 3.53. The van der Waals surface area contributed by atoms with Gasteiger partial charge < -0.3 is 20.0 Å². The SMILES string of the molecule is NC(=O)c1ccc([C@H]2C[C@@H](c3ccc4c(c3)OCCO4)CN2CC=O)cc1. The molecule has 140 valence electrons. The molecule has 27 heavy (non-hydrogen) atoms. The number of likely N-dealkylation sites (tertiary alicyclic amines) is 1. The van der Waals surface area contributed by atoms with Crippen LogP contribution in [0.4, 0.5) is 0 Å². The summed E-state index contributed by atoms with van der Waals surface area (Å²) in [5.41, 5.74) is 8.09. The van der Waals surface area contributed by atoms with Crippen LogP contribution in [0, 0.1) is 0 Å². The molecule has 1 amide bonds. The number of amides is 1. The Balaban J connectivity index is 1.58. The maximum absolute atomic E-state index is 11.3. The number of aldehydes is 1. The van der Waals surface area contributed by atoms with Gasteiger partial charge in [-0.2, -0.15) is 0 Å². The van der Waals surface area contributed by atoms with Gasteiger partial charge in [0, 0.05) is 18.2 Å². The minimum absolute atomic E-state index is 0.121. The van der Waals surface area contributed by atoms with E-state index in [1.165, 1.54) is 5.56 Å². The maximum atomic E-state index is 11.3. The smallest absolute Gasteiger partial charge is 0.248 e. The number of hydrogen-bond acceptors (Lipinski definition) is 5. The number of primary amides is 1. The van der Waals surface area contributed by atoms with Gasteiger partial charge in [-0.05, 0) is 47.7 Å². The second kappa shape index (κ2) is 7.40. The molecule has 2 heterocycles. The first-order valence-corrected chi connectivity index (χ1v) is 9.12. The number of carbonyl (C=O) groups is 2. The van der Waals surface area contributed by atoms with Crippen LogP contribution in [-0.4, -0.2) is 43.4 Å². The lowest BCUT2D eigenvalue weighted by Gasteiger charge is -2.22. The van der Waals surface area contributed by atoms with Gasteiger partial charge >= 0.3 is 0 Å². The van der Waals surface area contributed by atoms with Crippen LogP contribution in [-0.2, 0) is 4.79 Å². The third-order valence-corrected chi connectivity index (χ3v) is 5.33. The molecule has 6 heteroatoms. The Morgan fingerprint density at radius 1 is 1.07 bits per heavy atom. The first-order valence-electron chi connectivity index (χ1n) is 9.12. The molecule has 0 unspecified atom stereocenters. The van der Waals surface area contributed by atoms with E-state index < -0.39 is 5.91 Å². The largest absolute Gasteiger partial charge is 0.486 e. The average Bonchev–Trinajstić information content (AvgIpc) is 3.12. The Bertz CT molecular complexity index is 850. The van der Waals surface area contributed by atoms with Crippen LogP contribution in [0.25, 0.3) is 0 Å². The molecule has 2 atom stereocenters. The zero-order valence-corrected chi connectivity index (χ0v) is 15.0. The first kappa shape index (κ1) is 17.5. The third-order valence-electron chi connectivity index (χ3n) is 5.33. The number of benzene rings is 2. The highest BCUT2D eigenvalue weighted by atomic mass is 16.6. The van der Waals surface area contributed by atoms with Crippen molar-refractivity contribution < 1.29 is 19.1 Å². The summed E-state index contributed by atoms with van der Waals surface area (Å²) in [6, 6.07) is 13.6. The summed E-state index contributed by atoms with van der Waals surface area (Å²) >= 11 is 0. The molecular weight excluding hydrogens is 344 g/mol. The highest BCUT2D eigenvalue weighted by molar-refractivity contribution is 5.92. The van der Waals surface area contributed by atoms with Crippen molar-refractivity contribution in [1.29, 1.82) is 0 Å². The Morgan fingerprint density at radius 2 is 1.78 bits per heavy atom. The van der Waals surface area contributed by atoms with Crippen LogP contribution in [0.2, 0.25) is 0 Å². The predicted molar refractivity (Wildman–Crippen MR) is 100 cm³/mol. The maximum Gasteiger partial charge on any atom is 0.248 e. The number of rotatable bonds is 5. The van der Waals surface area contributed by atoms with Crippen LogP contribution in [0.1, 0.15) is 39.9 Å². The molecule has 0 saturated carbocycles. The lowest BCUT2D eigenvalue weighted by Crippen LogP contribution is -2.25. The minimum atomic E-state index is -0.438. The number of ether oxygens (including phenoxy) is 2. The lowest BCUT2D eigenvalue weighted by molar-refractivity contribution is -0.109. The van der Waals surface area contributed by atoms with Gasteiger partial charge in [-0.25, -0.2) is 0 Å². The average molecular weight is 366 g/mol. The second-order valence-electron chi connectivity index (χ2n) is 6.96. The summed E-state index contributed by atoms with van der Waals surface area (Å²) < 4.78 is 11.3. The zero-order valence-electron chi connectivity index (χ0n) is 15.0. The normalized spacial score (nSPS) is 21.8. The molecule has 0 aromatic heterocycles. The van der Waals surface area contributed by atoms with Gasteiger partial charge in [-0.1, -0.05) is 18.2 Å². The highest BCUT2D eigenvalue weighted by Gasteiger charge is 2.34. The fourth-order valence-corrected chi connectivity index (χ4v) is 3.97. The van der Waals surface area contributed by atoms with E-state index in [-0.39, 0.29) is 6.04 Å². The minimum Gasteiger partial charge on any atom is -0.486 e. The van der Waals surface area contributed by atoms with Gasteiger partial charge in [0.2, 0.25) is 5.91 Å². The molecule has 4 rings (SSSR count). The second-order valence-corrected chi connectivity index (χ2v) is 6.96. The molecule has 0 spiro atoms. The Labute approximate surface area is 157 Å². The van der Waals surface area contributed by atoms with Gasteiger partial charge in [0.15, 0.2) is 11.5 Å². The van der Waals surface area contributed by atoms with E-state index in [2.05, 4.69) is 17.0 Å². The van der Waals surface area contributed by atoms with E-state index in [0.29, 0.717) is 31.2 Å². The number of hydrogen-bond donors (Lipinski definition) is 1. The predicted octanol–water partition coefficient (Wildman–Crippen LogP) is 2.29. The van der Waals surface area contributed by atoms with Crippen LogP contribution < -0.4 is 15.2 Å². The van der Waals surface area contributed by atoms with E-state index >= 15 is 0 Å². The molecule has 0 aliphatic carbocycles. The molecular formula is C21H22N2O4. The van der Waals surface area contributed by atoms with Gasteiger partial charge in [0.1, 0.15) is 19.5 Å². The fourth-order valence-electron chi connectivity index (χ4n) is 3.97. The van der Waals surface area contributed by atoms with Crippen LogP contribution in [0.15, 0.2) is 42.5 Å². The fraction of sp³-hybridized carbons (Fsp3) is 0.333. The van der Waals surface area contributed by atoms with Gasteiger partial charge in [-0.15, -0.1) is 0 Å². The van der Waals surface area contributed by atoms with Crippen molar-refractivity contribution in [2.24, 2.45) is 5.73 Å². The molecule has 1 fully saturated rings. The van der Waals surface area contributed by atoms with Crippen molar-refractivity contribution in [3.8, 4) is 11.5 Å². The van der Waals surface area contributed by atoms with Crippen LogP contribution >= 0.6 is 0 Å². The zero-order chi connectivity index (χ0) is 18.8. The highest BCUT2D eigenvalue weighted by Crippen LogP contribution is 2.42. The van der Waals surface area contributed by atoms with Crippen LogP contribution in [0.5, 0.6) is 11.5 Å². The Kier molecular flexibility index (Phi) is 4.81.